The van der Waals surface area contributed by atoms with Crippen molar-refractivity contribution in [2.45, 2.75) is 45.6 Å². The van der Waals surface area contributed by atoms with Crippen molar-refractivity contribution in [3.05, 3.63) is 41.5 Å². The topological polar surface area (TPSA) is 29.1 Å². The van der Waals surface area contributed by atoms with E-state index in [0.717, 1.165) is 24.3 Å². The Hall–Kier alpha value is -1.57. The van der Waals surface area contributed by atoms with Crippen LogP contribution in [0.25, 0.3) is 6.08 Å². The standard InChI is InChI=1S/C17H23NO/c1-13-3-7-15(8-4-13)9-12-17(19)18-16-10-5-14(2)6-11-16/h3-4,7-9,12,14,16H,5-6,10-11H2,1-2H3,(H,18,19)/b12-9+. The van der Waals surface area contributed by atoms with Crippen LogP contribution in [0.1, 0.15) is 43.7 Å². The molecule has 1 saturated carbocycles. The van der Waals surface area contributed by atoms with Crippen molar-refractivity contribution in [3.63, 3.8) is 0 Å². The minimum atomic E-state index is 0.0279. The van der Waals surface area contributed by atoms with Crippen molar-refractivity contribution < 1.29 is 4.79 Å². The number of benzene rings is 1. The summed E-state index contributed by atoms with van der Waals surface area (Å²) in [4.78, 5) is 11.8. The van der Waals surface area contributed by atoms with Gasteiger partial charge < -0.3 is 5.32 Å². The number of carbonyl (C=O) groups is 1. The Morgan fingerprint density at radius 3 is 2.42 bits per heavy atom. The van der Waals surface area contributed by atoms with E-state index >= 15 is 0 Å². The van der Waals surface area contributed by atoms with E-state index in [1.165, 1.54) is 18.4 Å². The summed E-state index contributed by atoms with van der Waals surface area (Å²) < 4.78 is 0. The van der Waals surface area contributed by atoms with E-state index in [9.17, 15) is 4.79 Å². The lowest BCUT2D eigenvalue weighted by Crippen LogP contribution is -2.36. The molecule has 1 amide bonds. The highest BCUT2D eigenvalue weighted by Crippen LogP contribution is 2.23. The van der Waals surface area contributed by atoms with Crippen LogP contribution in [0.15, 0.2) is 30.3 Å². The van der Waals surface area contributed by atoms with Crippen molar-refractivity contribution in [2.24, 2.45) is 5.92 Å². The lowest BCUT2D eigenvalue weighted by Gasteiger charge is -2.26. The minimum Gasteiger partial charge on any atom is -0.350 e. The fourth-order valence-electron chi connectivity index (χ4n) is 2.50. The normalized spacial score (nSPS) is 23.5. The second-order valence-electron chi connectivity index (χ2n) is 5.71. The van der Waals surface area contributed by atoms with Gasteiger partial charge in [-0.2, -0.15) is 0 Å². The molecule has 19 heavy (non-hydrogen) atoms. The molecule has 0 atom stereocenters. The van der Waals surface area contributed by atoms with Gasteiger partial charge in [-0.3, -0.25) is 4.79 Å². The van der Waals surface area contributed by atoms with Crippen molar-refractivity contribution in [1.82, 2.24) is 5.32 Å². The lowest BCUT2D eigenvalue weighted by atomic mass is 9.87. The lowest BCUT2D eigenvalue weighted by molar-refractivity contribution is -0.117. The maximum atomic E-state index is 11.8. The van der Waals surface area contributed by atoms with Crippen LogP contribution in [0.3, 0.4) is 0 Å². The van der Waals surface area contributed by atoms with E-state index in [1.54, 1.807) is 6.08 Å². The van der Waals surface area contributed by atoms with Crippen molar-refractivity contribution in [3.8, 4) is 0 Å². The van der Waals surface area contributed by atoms with Crippen LogP contribution in [0, 0.1) is 12.8 Å². The van der Waals surface area contributed by atoms with Crippen LogP contribution >= 0.6 is 0 Å². The van der Waals surface area contributed by atoms with Crippen LogP contribution < -0.4 is 5.32 Å². The first kappa shape index (κ1) is 13.9. The maximum Gasteiger partial charge on any atom is 0.244 e. The van der Waals surface area contributed by atoms with Crippen LogP contribution in [-0.2, 0) is 4.79 Å². The smallest absolute Gasteiger partial charge is 0.244 e. The van der Waals surface area contributed by atoms with Gasteiger partial charge in [-0.25, -0.2) is 0 Å². The summed E-state index contributed by atoms with van der Waals surface area (Å²) >= 11 is 0. The third-order valence-electron chi connectivity index (χ3n) is 3.87. The number of carbonyl (C=O) groups excluding carboxylic acids is 1. The molecule has 2 nitrogen and oxygen atoms in total. The molecule has 0 spiro atoms. The fraction of sp³-hybridized carbons (Fsp3) is 0.471. The molecule has 0 saturated heterocycles. The number of aryl methyl sites for hydroxylation is 1. The third-order valence-corrected chi connectivity index (χ3v) is 3.87. The number of hydrogen-bond donors (Lipinski definition) is 1. The van der Waals surface area contributed by atoms with Gasteiger partial charge in [0.1, 0.15) is 0 Å². The summed E-state index contributed by atoms with van der Waals surface area (Å²) in [5.41, 5.74) is 2.30. The number of amides is 1. The number of hydrogen-bond acceptors (Lipinski definition) is 1. The summed E-state index contributed by atoms with van der Waals surface area (Å²) in [5.74, 6) is 0.844. The predicted molar refractivity (Wildman–Crippen MR) is 79.8 cm³/mol. The molecule has 1 aromatic rings. The zero-order valence-corrected chi connectivity index (χ0v) is 11.9. The highest BCUT2D eigenvalue weighted by Gasteiger charge is 2.18. The molecule has 0 aromatic heterocycles. The fourth-order valence-corrected chi connectivity index (χ4v) is 2.50. The highest BCUT2D eigenvalue weighted by atomic mass is 16.1. The first-order valence-electron chi connectivity index (χ1n) is 7.19. The zero-order chi connectivity index (χ0) is 13.7. The molecule has 2 rings (SSSR count). The summed E-state index contributed by atoms with van der Waals surface area (Å²) in [6.07, 6.45) is 8.21. The van der Waals surface area contributed by atoms with Crippen molar-refractivity contribution >= 4 is 12.0 Å². The van der Waals surface area contributed by atoms with Crippen LogP contribution in [-0.4, -0.2) is 11.9 Å². The van der Waals surface area contributed by atoms with E-state index < -0.39 is 0 Å². The van der Waals surface area contributed by atoms with Crippen LogP contribution in [0.4, 0.5) is 0 Å². The van der Waals surface area contributed by atoms with Gasteiger partial charge in [-0.15, -0.1) is 0 Å². The molecule has 1 aliphatic rings. The molecule has 2 heteroatoms. The average molecular weight is 257 g/mol. The molecule has 0 unspecified atom stereocenters. The molecule has 0 aliphatic heterocycles. The monoisotopic (exact) mass is 257 g/mol. The molecule has 1 aromatic carbocycles. The maximum absolute atomic E-state index is 11.8. The Labute approximate surface area is 115 Å². The van der Waals surface area contributed by atoms with Gasteiger partial charge in [0.15, 0.2) is 0 Å². The second-order valence-corrected chi connectivity index (χ2v) is 5.71. The molecular weight excluding hydrogens is 234 g/mol. The van der Waals surface area contributed by atoms with E-state index in [2.05, 4.69) is 31.3 Å². The first-order chi connectivity index (χ1) is 9.13. The third kappa shape index (κ3) is 4.55. The SMILES string of the molecule is Cc1ccc(/C=C/C(=O)NC2CCC(C)CC2)cc1. The molecule has 0 heterocycles. The van der Waals surface area contributed by atoms with Crippen molar-refractivity contribution in [2.75, 3.05) is 0 Å². The molecule has 0 radical (unpaired) electrons. The van der Waals surface area contributed by atoms with E-state index in [1.807, 2.05) is 18.2 Å². The average Bonchev–Trinajstić information content (AvgIpc) is 2.41. The second kappa shape index (κ2) is 6.55. The largest absolute Gasteiger partial charge is 0.350 e. The summed E-state index contributed by atoms with van der Waals surface area (Å²) in [6.45, 7) is 4.35. The predicted octanol–water partition coefficient (Wildman–Crippen LogP) is 3.70. The highest BCUT2D eigenvalue weighted by molar-refractivity contribution is 5.91. The molecule has 0 bridgehead atoms. The summed E-state index contributed by atoms with van der Waals surface area (Å²) in [5, 5.41) is 3.10. The van der Waals surface area contributed by atoms with E-state index in [0.29, 0.717) is 6.04 Å². The Morgan fingerprint density at radius 1 is 1.16 bits per heavy atom. The quantitative estimate of drug-likeness (QED) is 0.822. The molecule has 1 N–H and O–H groups in total. The van der Waals surface area contributed by atoms with Gasteiger partial charge in [0, 0.05) is 12.1 Å². The van der Waals surface area contributed by atoms with Crippen LogP contribution in [0.2, 0.25) is 0 Å². The molecule has 102 valence electrons. The Bertz CT molecular complexity index is 439. The van der Waals surface area contributed by atoms with Gasteiger partial charge in [-0.05, 0) is 50.2 Å². The van der Waals surface area contributed by atoms with E-state index in [-0.39, 0.29) is 5.91 Å². The van der Waals surface area contributed by atoms with Gasteiger partial charge >= 0.3 is 0 Å². The summed E-state index contributed by atoms with van der Waals surface area (Å²) in [7, 11) is 0. The van der Waals surface area contributed by atoms with Gasteiger partial charge in [0.2, 0.25) is 5.91 Å². The van der Waals surface area contributed by atoms with Gasteiger partial charge in [0.25, 0.3) is 0 Å². The summed E-state index contributed by atoms with van der Waals surface area (Å²) in [6, 6.07) is 8.54. The first-order valence-corrected chi connectivity index (χ1v) is 7.19. The van der Waals surface area contributed by atoms with Crippen LogP contribution in [0.5, 0.6) is 0 Å². The Morgan fingerprint density at radius 2 is 1.79 bits per heavy atom. The van der Waals surface area contributed by atoms with Gasteiger partial charge in [0.05, 0.1) is 0 Å². The minimum absolute atomic E-state index is 0.0279. The molecule has 1 aliphatic carbocycles. The van der Waals surface area contributed by atoms with E-state index in [4.69, 9.17) is 0 Å². The number of rotatable bonds is 3. The molecule has 1 fully saturated rings. The Kier molecular flexibility index (Phi) is 4.78. The van der Waals surface area contributed by atoms with Gasteiger partial charge in [-0.1, -0.05) is 36.8 Å². The Balaban J connectivity index is 1.82. The molecular formula is C17H23NO. The zero-order valence-electron chi connectivity index (χ0n) is 11.9. The van der Waals surface area contributed by atoms with Crippen molar-refractivity contribution in [1.29, 1.82) is 0 Å². The number of nitrogens with one attached hydrogen (secondary N) is 1.